The Hall–Kier alpha value is -2.63. The molecule has 1 aliphatic heterocycles. The maximum Gasteiger partial charge on any atom is 0.338 e. The first kappa shape index (κ1) is 16.2. The van der Waals surface area contributed by atoms with Crippen LogP contribution in [0, 0.1) is 6.92 Å². The Morgan fingerprint density at radius 2 is 1.92 bits per heavy atom. The summed E-state index contributed by atoms with van der Waals surface area (Å²) in [5.74, 6) is 1.22. The maximum absolute atomic E-state index is 11.7. The van der Waals surface area contributed by atoms with Gasteiger partial charge in [-0.3, -0.25) is 0 Å². The van der Waals surface area contributed by atoms with E-state index >= 15 is 0 Å². The van der Waals surface area contributed by atoms with Gasteiger partial charge >= 0.3 is 5.97 Å². The van der Waals surface area contributed by atoms with Gasteiger partial charge in [0.05, 0.1) is 12.2 Å². The minimum atomic E-state index is -0.313. The number of hydrogen-bond acceptors (Lipinski definition) is 6. The van der Waals surface area contributed by atoms with Crippen LogP contribution in [-0.4, -0.2) is 35.6 Å². The fourth-order valence-electron chi connectivity index (χ4n) is 2.75. The minimum Gasteiger partial charge on any atom is -0.462 e. The highest BCUT2D eigenvalue weighted by molar-refractivity contribution is 5.89. The van der Waals surface area contributed by atoms with Gasteiger partial charge in [0.1, 0.15) is 5.82 Å². The lowest BCUT2D eigenvalue weighted by Crippen LogP contribution is -2.19. The van der Waals surface area contributed by atoms with Crippen LogP contribution in [0.2, 0.25) is 0 Å². The fourth-order valence-corrected chi connectivity index (χ4v) is 2.75. The number of anilines is 3. The summed E-state index contributed by atoms with van der Waals surface area (Å²) in [5.41, 5.74) is 2.30. The standard InChI is InChI=1S/C18H22N4O2/c1-3-24-17(23)14-6-8-15(9-7-14)20-18-19-13(2)12-16(21-18)22-10-4-5-11-22/h6-9,12H,3-5,10-11H2,1-2H3,(H,19,20,21). The van der Waals surface area contributed by atoms with Gasteiger partial charge in [-0.15, -0.1) is 0 Å². The molecule has 2 heterocycles. The molecule has 2 aromatic rings. The van der Waals surface area contributed by atoms with E-state index in [0.717, 1.165) is 30.3 Å². The normalized spacial score (nSPS) is 13.8. The summed E-state index contributed by atoms with van der Waals surface area (Å²) >= 11 is 0. The van der Waals surface area contributed by atoms with E-state index in [9.17, 15) is 4.79 Å². The third kappa shape index (κ3) is 3.82. The summed E-state index contributed by atoms with van der Waals surface area (Å²) in [7, 11) is 0. The predicted molar refractivity (Wildman–Crippen MR) is 93.9 cm³/mol. The Morgan fingerprint density at radius 3 is 2.58 bits per heavy atom. The van der Waals surface area contributed by atoms with Gasteiger partial charge in [-0.05, 0) is 51.0 Å². The summed E-state index contributed by atoms with van der Waals surface area (Å²) in [4.78, 5) is 23.0. The van der Waals surface area contributed by atoms with E-state index in [-0.39, 0.29) is 5.97 Å². The van der Waals surface area contributed by atoms with Gasteiger partial charge in [0.25, 0.3) is 0 Å². The smallest absolute Gasteiger partial charge is 0.338 e. The average molecular weight is 326 g/mol. The summed E-state index contributed by atoms with van der Waals surface area (Å²) in [5, 5.41) is 3.21. The number of esters is 1. The van der Waals surface area contributed by atoms with Crippen LogP contribution in [0.5, 0.6) is 0 Å². The number of ether oxygens (including phenoxy) is 1. The summed E-state index contributed by atoms with van der Waals surface area (Å²) in [6, 6.07) is 9.14. The highest BCUT2D eigenvalue weighted by Crippen LogP contribution is 2.22. The van der Waals surface area contributed by atoms with Gasteiger partial charge in [0.15, 0.2) is 0 Å². The zero-order valence-electron chi connectivity index (χ0n) is 14.1. The lowest BCUT2D eigenvalue weighted by molar-refractivity contribution is 0.0526. The van der Waals surface area contributed by atoms with Crippen molar-refractivity contribution in [3.8, 4) is 0 Å². The third-order valence-corrected chi connectivity index (χ3v) is 3.92. The molecular formula is C18H22N4O2. The molecule has 1 N–H and O–H groups in total. The number of hydrogen-bond donors (Lipinski definition) is 1. The maximum atomic E-state index is 11.7. The van der Waals surface area contributed by atoms with Crippen molar-refractivity contribution in [3.05, 3.63) is 41.6 Å². The van der Waals surface area contributed by atoms with Crippen LogP contribution >= 0.6 is 0 Å². The predicted octanol–water partition coefficient (Wildman–Crippen LogP) is 3.31. The second-order valence-electron chi connectivity index (χ2n) is 5.81. The molecule has 0 spiro atoms. The van der Waals surface area contributed by atoms with Crippen molar-refractivity contribution in [1.82, 2.24) is 9.97 Å². The number of nitrogens with zero attached hydrogens (tertiary/aromatic N) is 3. The minimum absolute atomic E-state index is 0.313. The molecule has 126 valence electrons. The molecule has 0 radical (unpaired) electrons. The van der Waals surface area contributed by atoms with Crippen LogP contribution in [0.3, 0.4) is 0 Å². The van der Waals surface area contributed by atoms with Gasteiger partial charge in [-0.25, -0.2) is 9.78 Å². The molecule has 1 aromatic carbocycles. The first-order valence-corrected chi connectivity index (χ1v) is 8.30. The van der Waals surface area contributed by atoms with Crippen molar-refractivity contribution in [3.63, 3.8) is 0 Å². The van der Waals surface area contributed by atoms with Gasteiger partial charge in [0, 0.05) is 30.5 Å². The van der Waals surface area contributed by atoms with Crippen LogP contribution < -0.4 is 10.2 Å². The molecule has 1 aliphatic rings. The zero-order chi connectivity index (χ0) is 16.9. The fraction of sp³-hybridized carbons (Fsp3) is 0.389. The molecule has 0 atom stereocenters. The number of nitrogens with one attached hydrogen (secondary N) is 1. The number of carbonyl (C=O) groups is 1. The van der Waals surface area contributed by atoms with Crippen LogP contribution in [0.4, 0.5) is 17.5 Å². The van der Waals surface area contributed by atoms with Gasteiger partial charge in [-0.2, -0.15) is 4.98 Å². The Labute approximate surface area is 141 Å². The summed E-state index contributed by atoms with van der Waals surface area (Å²) in [6.07, 6.45) is 2.42. The van der Waals surface area contributed by atoms with E-state index in [1.54, 1.807) is 19.1 Å². The molecule has 1 saturated heterocycles. The van der Waals surface area contributed by atoms with Crippen molar-refractivity contribution in [2.45, 2.75) is 26.7 Å². The molecule has 3 rings (SSSR count). The molecule has 1 fully saturated rings. The quantitative estimate of drug-likeness (QED) is 0.850. The number of aromatic nitrogens is 2. The third-order valence-electron chi connectivity index (χ3n) is 3.92. The molecule has 0 unspecified atom stereocenters. The second-order valence-corrected chi connectivity index (χ2v) is 5.81. The Morgan fingerprint density at radius 1 is 1.21 bits per heavy atom. The van der Waals surface area contributed by atoms with E-state index in [4.69, 9.17) is 4.74 Å². The van der Waals surface area contributed by atoms with E-state index < -0.39 is 0 Å². The number of benzene rings is 1. The highest BCUT2D eigenvalue weighted by atomic mass is 16.5. The highest BCUT2D eigenvalue weighted by Gasteiger charge is 2.15. The Kier molecular flexibility index (Phi) is 4.93. The Balaban J connectivity index is 1.74. The molecule has 0 bridgehead atoms. The lowest BCUT2D eigenvalue weighted by atomic mass is 10.2. The van der Waals surface area contributed by atoms with Crippen molar-refractivity contribution < 1.29 is 9.53 Å². The summed E-state index contributed by atoms with van der Waals surface area (Å²) < 4.78 is 4.98. The molecular weight excluding hydrogens is 304 g/mol. The second kappa shape index (κ2) is 7.29. The molecule has 6 heteroatoms. The van der Waals surface area contributed by atoms with Crippen LogP contribution in [-0.2, 0) is 4.74 Å². The summed E-state index contributed by atoms with van der Waals surface area (Å²) in [6.45, 7) is 6.22. The largest absolute Gasteiger partial charge is 0.462 e. The Bertz CT molecular complexity index is 709. The molecule has 6 nitrogen and oxygen atoms in total. The number of carbonyl (C=O) groups excluding carboxylic acids is 1. The van der Waals surface area contributed by atoms with Gasteiger partial charge in [0.2, 0.25) is 5.95 Å². The molecule has 1 aromatic heterocycles. The first-order chi connectivity index (χ1) is 11.7. The number of aryl methyl sites for hydroxylation is 1. The van der Waals surface area contributed by atoms with E-state index in [0.29, 0.717) is 18.1 Å². The van der Waals surface area contributed by atoms with Gasteiger partial charge in [-0.1, -0.05) is 0 Å². The van der Waals surface area contributed by atoms with Crippen molar-refractivity contribution in [2.24, 2.45) is 0 Å². The monoisotopic (exact) mass is 326 g/mol. The van der Waals surface area contributed by atoms with Gasteiger partial charge < -0.3 is 15.0 Å². The van der Waals surface area contributed by atoms with Crippen molar-refractivity contribution in [2.75, 3.05) is 29.9 Å². The first-order valence-electron chi connectivity index (χ1n) is 8.30. The van der Waals surface area contributed by atoms with Crippen LogP contribution in [0.15, 0.2) is 30.3 Å². The molecule has 0 amide bonds. The zero-order valence-corrected chi connectivity index (χ0v) is 14.1. The van der Waals surface area contributed by atoms with E-state index in [2.05, 4.69) is 20.2 Å². The van der Waals surface area contributed by atoms with E-state index in [1.807, 2.05) is 25.1 Å². The average Bonchev–Trinajstić information content (AvgIpc) is 3.10. The number of rotatable bonds is 5. The lowest BCUT2D eigenvalue weighted by Gasteiger charge is -2.17. The SMILES string of the molecule is CCOC(=O)c1ccc(Nc2nc(C)cc(N3CCCC3)n2)cc1. The molecule has 0 saturated carbocycles. The van der Waals surface area contributed by atoms with Crippen molar-refractivity contribution in [1.29, 1.82) is 0 Å². The van der Waals surface area contributed by atoms with Crippen LogP contribution in [0.1, 0.15) is 35.8 Å². The van der Waals surface area contributed by atoms with E-state index in [1.165, 1.54) is 12.8 Å². The van der Waals surface area contributed by atoms with Crippen LogP contribution in [0.25, 0.3) is 0 Å². The topological polar surface area (TPSA) is 67.3 Å². The van der Waals surface area contributed by atoms with Crippen molar-refractivity contribution >= 4 is 23.4 Å². The molecule has 0 aliphatic carbocycles. The molecule has 24 heavy (non-hydrogen) atoms.